The van der Waals surface area contributed by atoms with E-state index in [1.54, 1.807) is 0 Å². The molecule has 0 aliphatic heterocycles. The fourth-order valence-electron chi connectivity index (χ4n) is 0. The summed E-state index contributed by atoms with van der Waals surface area (Å²) in [4.78, 5) is 0. The van der Waals surface area contributed by atoms with Gasteiger partial charge in [0.2, 0.25) is 0 Å². The maximum absolute atomic E-state index is 0. The summed E-state index contributed by atoms with van der Waals surface area (Å²) >= 11 is 0. The summed E-state index contributed by atoms with van der Waals surface area (Å²) < 4.78 is 0. The zero-order chi connectivity index (χ0) is 0. The summed E-state index contributed by atoms with van der Waals surface area (Å²) in [5.74, 6) is 0. The number of rotatable bonds is 0. The molecule has 0 saturated carbocycles. The van der Waals surface area contributed by atoms with E-state index in [0.717, 1.165) is 0 Å². The van der Waals surface area contributed by atoms with Gasteiger partial charge in [0, 0.05) is 58.1 Å². The third kappa shape index (κ3) is 10.0. The van der Waals surface area contributed by atoms with Crippen LogP contribution in [0.3, 0.4) is 0 Å². The van der Waals surface area contributed by atoms with Gasteiger partial charge in [0.05, 0.1) is 0 Å². The molecule has 0 atom stereocenters. The number of hydrogen-bond donors (Lipinski definition) is 0. The van der Waals surface area contributed by atoms with Crippen LogP contribution in [0.2, 0.25) is 0 Å². The Bertz CT molecular complexity index is 8.00. The molecule has 0 aromatic heterocycles. The van der Waals surface area contributed by atoms with E-state index in [0.29, 0.717) is 0 Å². The first-order valence-electron chi connectivity index (χ1n) is 0. The molecule has 0 bridgehead atoms. The van der Waals surface area contributed by atoms with Crippen molar-refractivity contribution in [2.75, 3.05) is 0 Å². The van der Waals surface area contributed by atoms with Gasteiger partial charge in [-0.2, -0.15) is 0 Å². The van der Waals surface area contributed by atoms with E-state index >= 15 is 0 Å². The Kier molecular flexibility index (Phi) is 90.5. The van der Waals surface area contributed by atoms with E-state index < -0.39 is 0 Å². The van der Waals surface area contributed by atoms with Crippen molar-refractivity contribution in [2.24, 2.45) is 0 Å². The molecule has 0 spiro atoms. The standard InChI is InChI=1S/Ba.Co.Pr.Sr.4H. The molecule has 0 fully saturated rings. The van der Waals surface area contributed by atoms with Gasteiger partial charge >= 0.3 is 94.4 Å². The zero-order valence-electron chi connectivity index (χ0n) is 0.911. The van der Waals surface area contributed by atoms with Crippen molar-refractivity contribution in [2.45, 2.75) is 0 Å². The van der Waals surface area contributed by atoms with Crippen LogP contribution >= 0.6 is 0 Å². The third-order valence-electron chi connectivity index (χ3n) is 0. The molecular weight excluding hydrogens is 425 g/mol. The minimum atomic E-state index is 0. The quantitative estimate of drug-likeness (QED) is 0.398. The first-order valence-corrected chi connectivity index (χ1v) is 0. The molecule has 0 heterocycles. The molecule has 0 nitrogen and oxygen atoms in total. The van der Waals surface area contributed by atoms with E-state index in [-0.39, 0.29) is 152 Å². The SMILES string of the molecule is [BaH2].[Co].[Pr].[SrH2]. The Morgan fingerprint density at radius 3 is 1.00 bits per heavy atom. The Morgan fingerprint density at radius 1 is 1.00 bits per heavy atom. The first-order chi connectivity index (χ1) is 0. The molecule has 2 radical (unpaired) electrons. The van der Waals surface area contributed by atoms with Crippen LogP contribution in [0, 0.1) is 41.3 Å². The van der Waals surface area contributed by atoms with Crippen molar-refractivity contribution in [3.63, 3.8) is 0 Å². The van der Waals surface area contributed by atoms with E-state index in [9.17, 15) is 0 Å². The molecule has 0 unspecified atom stereocenters. The molecule has 0 rings (SSSR count). The molecule has 20 valence electrons. The van der Waals surface area contributed by atoms with Crippen LogP contribution in [0.4, 0.5) is 0 Å². The van der Waals surface area contributed by atoms with Gasteiger partial charge in [0.25, 0.3) is 0 Å². The second-order valence-corrected chi connectivity index (χ2v) is 0. The van der Waals surface area contributed by atoms with Gasteiger partial charge in [-0.25, -0.2) is 0 Å². The van der Waals surface area contributed by atoms with Crippen LogP contribution in [0.25, 0.3) is 0 Å². The third-order valence-corrected chi connectivity index (χ3v) is 0. The topological polar surface area (TPSA) is 0 Å². The van der Waals surface area contributed by atoms with Gasteiger partial charge in [-0.05, 0) is 0 Å². The molecule has 0 N–H and O–H groups in total. The molecule has 0 saturated heterocycles. The average Bonchev–Trinajstić information content (AvgIpc) is 0. The van der Waals surface area contributed by atoms with Gasteiger partial charge in [-0.1, -0.05) is 0 Å². The van der Waals surface area contributed by atoms with Gasteiger partial charge < -0.3 is 0 Å². The summed E-state index contributed by atoms with van der Waals surface area (Å²) in [6, 6.07) is 0. The van der Waals surface area contributed by atoms with Crippen LogP contribution in [-0.2, 0) is 16.8 Å². The number of hydrogen-bond acceptors (Lipinski definition) is 0. The van der Waals surface area contributed by atoms with Crippen LogP contribution < -0.4 is 0 Å². The normalized spacial score (nSPS) is 0. The molecular formula is H4BaCoPrSr. The fraction of sp³-hybridized carbons (Fsp3) is 0. The molecule has 0 aromatic carbocycles. The monoisotopic (exact) mass is 430 g/mol. The van der Waals surface area contributed by atoms with Crippen LogP contribution in [-0.4, -0.2) is 94.4 Å². The second-order valence-electron chi connectivity index (χ2n) is 0. The van der Waals surface area contributed by atoms with Gasteiger partial charge in [-0.15, -0.1) is 0 Å². The molecule has 0 aliphatic carbocycles. The predicted molar refractivity (Wildman–Crippen MR) is 17.1 cm³/mol. The average molecular weight is 429 g/mol. The van der Waals surface area contributed by atoms with Crippen molar-refractivity contribution in [1.29, 1.82) is 0 Å². The maximum atomic E-state index is 0. The van der Waals surface area contributed by atoms with E-state index in [4.69, 9.17) is 0 Å². The van der Waals surface area contributed by atoms with E-state index in [1.807, 2.05) is 0 Å². The minimum absolute atomic E-state index is 0. The summed E-state index contributed by atoms with van der Waals surface area (Å²) in [7, 11) is 0. The van der Waals surface area contributed by atoms with Crippen molar-refractivity contribution >= 4 is 94.4 Å². The van der Waals surface area contributed by atoms with Crippen molar-refractivity contribution in [1.82, 2.24) is 0 Å². The first kappa shape index (κ1) is 23.1. The van der Waals surface area contributed by atoms with Crippen LogP contribution in [0.15, 0.2) is 0 Å². The van der Waals surface area contributed by atoms with Gasteiger partial charge in [-0.3, -0.25) is 0 Å². The summed E-state index contributed by atoms with van der Waals surface area (Å²) in [6.07, 6.45) is 0. The summed E-state index contributed by atoms with van der Waals surface area (Å²) in [5.41, 5.74) is 0. The Morgan fingerprint density at radius 2 is 1.00 bits per heavy atom. The summed E-state index contributed by atoms with van der Waals surface area (Å²) in [5, 5.41) is 0. The Hall–Kier alpha value is 4.92. The molecule has 4 heavy (non-hydrogen) atoms. The molecule has 0 aliphatic rings. The van der Waals surface area contributed by atoms with Gasteiger partial charge in [0.1, 0.15) is 0 Å². The molecule has 0 amide bonds. The fourth-order valence-corrected chi connectivity index (χ4v) is 0. The van der Waals surface area contributed by atoms with E-state index in [2.05, 4.69) is 0 Å². The van der Waals surface area contributed by atoms with E-state index in [1.165, 1.54) is 0 Å². The van der Waals surface area contributed by atoms with Gasteiger partial charge in [0.15, 0.2) is 0 Å². The molecule has 4 heteroatoms. The van der Waals surface area contributed by atoms with Crippen LogP contribution in [0.5, 0.6) is 0 Å². The predicted octanol–water partition coefficient (Wildman–Crippen LogP) is -1.83. The van der Waals surface area contributed by atoms with Crippen molar-refractivity contribution < 1.29 is 58.1 Å². The van der Waals surface area contributed by atoms with Crippen molar-refractivity contribution in [3.8, 4) is 0 Å². The van der Waals surface area contributed by atoms with Crippen molar-refractivity contribution in [3.05, 3.63) is 0 Å². The van der Waals surface area contributed by atoms with Crippen LogP contribution in [0.1, 0.15) is 0 Å². The summed E-state index contributed by atoms with van der Waals surface area (Å²) in [6.45, 7) is 0. The zero-order valence-corrected chi connectivity index (χ0v) is 5.66. The second kappa shape index (κ2) is 15.7. The molecule has 0 aromatic rings. The Balaban J connectivity index is 0. The Labute approximate surface area is 147 Å².